The molecular formula is C8H17NS. The molecule has 1 nitrogen and oxygen atoms in total. The molecule has 0 aromatic heterocycles. The molecule has 1 aliphatic rings. The lowest BCUT2D eigenvalue weighted by atomic mass is 9.95. The zero-order valence-electron chi connectivity index (χ0n) is 6.89. The highest BCUT2D eigenvalue weighted by Crippen LogP contribution is 2.26. The van der Waals surface area contributed by atoms with Gasteiger partial charge in [0.15, 0.2) is 0 Å². The highest BCUT2D eigenvalue weighted by atomic mass is 32.2. The molecule has 1 N–H and O–H groups in total. The van der Waals surface area contributed by atoms with Crippen LogP contribution in [0.3, 0.4) is 0 Å². The third-order valence-corrected chi connectivity index (χ3v) is 3.55. The monoisotopic (exact) mass is 159 g/mol. The molecule has 1 saturated carbocycles. The molecular weight excluding hydrogens is 142 g/mol. The molecule has 0 unspecified atom stereocenters. The summed E-state index contributed by atoms with van der Waals surface area (Å²) in [7, 11) is 2.07. The molecule has 0 aromatic carbocycles. The smallest absolute Gasteiger partial charge is 0.00648 e. The summed E-state index contributed by atoms with van der Waals surface area (Å²) in [6, 6.07) is 0.809. The first-order valence-corrected chi connectivity index (χ1v) is 5.35. The number of rotatable bonds is 2. The molecule has 0 spiro atoms. The van der Waals surface area contributed by atoms with Crippen molar-refractivity contribution in [3.8, 4) is 0 Å². The van der Waals surface area contributed by atoms with E-state index in [1.165, 1.54) is 25.7 Å². The van der Waals surface area contributed by atoms with Crippen molar-refractivity contribution in [1.82, 2.24) is 5.32 Å². The van der Waals surface area contributed by atoms with Gasteiger partial charge in [0.05, 0.1) is 0 Å². The van der Waals surface area contributed by atoms with Crippen LogP contribution in [0, 0.1) is 0 Å². The maximum Gasteiger partial charge on any atom is 0.00648 e. The van der Waals surface area contributed by atoms with Crippen LogP contribution in [0.15, 0.2) is 0 Å². The molecule has 0 amide bonds. The van der Waals surface area contributed by atoms with Crippen LogP contribution in [0.1, 0.15) is 25.7 Å². The lowest BCUT2D eigenvalue weighted by Crippen LogP contribution is -2.30. The second-order valence-corrected chi connectivity index (χ2v) is 4.14. The van der Waals surface area contributed by atoms with Crippen molar-refractivity contribution in [3.63, 3.8) is 0 Å². The van der Waals surface area contributed by atoms with Crippen molar-refractivity contribution in [2.75, 3.05) is 13.3 Å². The summed E-state index contributed by atoms with van der Waals surface area (Å²) in [5.74, 6) is 0. The topological polar surface area (TPSA) is 12.0 Å². The summed E-state index contributed by atoms with van der Waals surface area (Å²) in [5.41, 5.74) is 0. The molecule has 1 aliphatic carbocycles. The van der Waals surface area contributed by atoms with E-state index in [2.05, 4.69) is 18.6 Å². The molecule has 0 heterocycles. The van der Waals surface area contributed by atoms with E-state index < -0.39 is 0 Å². The van der Waals surface area contributed by atoms with Crippen molar-refractivity contribution in [2.24, 2.45) is 0 Å². The molecule has 0 saturated heterocycles. The summed E-state index contributed by atoms with van der Waals surface area (Å²) in [5, 5.41) is 4.29. The predicted octanol–water partition coefficient (Wildman–Crippen LogP) is 1.88. The summed E-state index contributed by atoms with van der Waals surface area (Å²) in [4.78, 5) is 0. The fraction of sp³-hybridized carbons (Fsp3) is 1.00. The van der Waals surface area contributed by atoms with Crippen LogP contribution in [0.25, 0.3) is 0 Å². The Morgan fingerprint density at radius 2 is 1.80 bits per heavy atom. The van der Waals surface area contributed by atoms with Gasteiger partial charge in [-0.1, -0.05) is 0 Å². The molecule has 0 bridgehead atoms. The fourth-order valence-corrected chi connectivity index (χ4v) is 2.33. The van der Waals surface area contributed by atoms with Gasteiger partial charge in [0, 0.05) is 11.3 Å². The summed E-state index contributed by atoms with van der Waals surface area (Å²) in [6.07, 6.45) is 7.80. The van der Waals surface area contributed by atoms with Gasteiger partial charge in [-0.25, -0.2) is 0 Å². The first kappa shape index (κ1) is 8.41. The Bertz CT molecular complexity index is 75.3. The number of hydrogen-bond acceptors (Lipinski definition) is 2. The van der Waals surface area contributed by atoms with Crippen molar-refractivity contribution < 1.29 is 0 Å². The minimum Gasteiger partial charge on any atom is -0.317 e. The molecule has 0 radical (unpaired) electrons. The third kappa shape index (κ3) is 2.17. The van der Waals surface area contributed by atoms with Crippen molar-refractivity contribution >= 4 is 11.8 Å². The Labute approximate surface area is 68.0 Å². The van der Waals surface area contributed by atoms with Crippen LogP contribution in [0.4, 0.5) is 0 Å². The van der Waals surface area contributed by atoms with E-state index in [0.717, 1.165) is 11.3 Å². The largest absolute Gasteiger partial charge is 0.317 e. The Morgan fingerprint density at radius 1 is 1.20 bits per heavy atom. The van der Waals surface area contributed by atoms with Crippen LogP contribution in [0.2, 0.25) is 0 Å². The van der Waals surface area contributed by atoms with E-state index in [-0.39, 0.29) is 0 Å². The Morgan fingerprint density at radius 3 is 2.20 bits per heavy atom. The number of nitrogens with one attached hydrogen (secondary N) is 1. The van der Waals surface area contributed by atoms with Crippen LogP contribution in [0.5, 0.6) is 0 Å². The molecule has 60 valence electrons. The first-order valence-electron chi connectivity index (χ1n) is 4.07. The second kappa shape index (κ2) is 4.24. The highest BCUT2D eigenvalue weighted by Gasteiger charge is 2.18. The number of thioether (sulfide) groups is 1. The Hall–Kier alpha value is 0.310. The van der Waals surface area contributed by atoms with Crippen LogP contribution in [-0.4, -0.2) is 24.6 Å². The van der Waals surface area contributed by atoms with Gasteiger partial charge < -0.3 is 5.32 Å². The summed E-state index contributed by atoms with van der Waals surface area (Å²) in [6.45, 7) is 0. The quantitative estimate of drug-likeness (QED) is 0.660. The molecule has 10 heavy (non-hydrogen) atoms. The minimum absolute atomic E-state index is 0.809. The lowest BCUT2D eigenvalue weighted by molar-refractivity contribution is 0.402. The number of hydrogen-bond donors (Lipinski definition) is 1. The summed E-state index contributed by atoms with van der Waals surface area (Å²) >= 11 is 2.03. The second-order valence-electron chi connectivity index (χ2n) is 3.00. The first-order chi connectivity index (χ1) is 4.86. The normalized spacial score (nSPS) is 34.2. The van der Waals surface area contributed by atoms with Crippen LogP contribution < -0.4 is 5.32 Å². The standard InChI is InChI=1S/C8H17NS/c1-9-7-3-5-8(10-2)6-4-7/h7-9H,3-6H2,1-2H3. The average Bonchev–Trinajstić information content (AvgIpc) is 2.05. The molecule has 1 rings (SSSR count). The van der Waals surface area contributed by atoms with Crippen molar-refractivity contribution in [1.29, 1.82) is 0 Å². The zero-order chi connectivity index (χ0) is 7.40. The van der Waals surface area contributed by atoms with E-state index >= 15 is 0 Å². The zero-order valence-corrected chi connectivity index (χ0v) is 7.71. The van der Waals surface area contributed by atoms with E-state index in [9.17, 15) is 0 Å². The predicted molar refractivity (Wildman–Crippen MR) is 48.6 cm³/mol. The van der Waals surface area contributed by atoms with Gasteiger partial charge in [-0.05, 0) is 39.0 Å². The van der Waals surface area contributed by atoms with Crippen LogP contribution in [-0.2, 0) is 0 Å². The molecule has 0 atom stereocenters. The molecule has 1 fully saturated rings. The fourth-order valence-electron chi connectivity index (χ4n) is 1.59. The van der Waals surface area contributed by atoms with Gasteiger partial charge in [0.25, 0.3) is 0 Å². The molecule has 2 heteroatoms. The maximum atomic E-state index is 3.34. The van der Waals surface area contributed by atoms with Gasteiger partial charge in [0.1, 0.15) is 0 Å². The Kier molecular flexibility index (Phi) is 3.57. The maximum absolute atomic E-state index is 3.34. The van der Waals surface area contributed by atoms with E-state index in [1.807, 2.05) is 11.8 Å². The van der Waals surface area contributed by atoms with Gasteiger partial charge in [-0.3, -0.25) is 0 Å². The van der Waals surface area contributed by atoms with Crippen LogP contribution >= 0.6 is 11.8 Å². The Balaban J connectivity index is 2.17. The van der Waals surface area contributed by atoms with Gasteiger partial charge in [-0.15, -0.1) is 0 Å². The SMILES string of the molecule is CNC1CCC(SC)CC1. The molecule has 0 aliphatic heterocycles. The van der Waals surface area contributed by atoms with E-state index in [4.69, 9.17) is 0 Å². The van der Waals surface area contributed by atoms with Gasteiger partial charge in [-0.2, -0.15) is 11.8 Å². The minimum atomic E-state index is 0.809. The average molecular weight is 159 g/mol. The van der Waals surface area contributed by atoms with Crippen molar-refractivity contribution in [2.45, 2.75) is 37.0 Å². The molecule has 0 aromatic rings. The van der Waals surface area contributed by atoms with Gasteiger partial charge >= 0.3 is 0 Å². The van der Waals surface area contributed by atoms with Crippen molar-refractivity contribution in [3.05, 3.63) is 0 Å². The lowest BCUT2D eigenvalue weighted by Gasteiger charge is -2.26. The van der Waals surface area contributed by atoms with Gasteiger partial charge in [0.2, 0.25) is 0 Å². The van der Waals surface area contributed by atoms with E-state index in [0.29, 0.717) is 0 Å². The van der Waals surface area contributed by atoms with E-state index in [1.54, 1.807) is 0 Å². The summed E-state index contributed by atoms with van der Waals surface area (Å²) < 4.78 is 0. The highest BCUT2D eigenvalue weighted by molar-refractivity contribution is 7.99. The third-order valence-electron chi connectivity index (χ3n) is 2.42.